The van der Waals surface area contributed by atoms with Gasteiger partial charge in [-0.1, -0.05) is 29.3 Å². The van der Waals surface area contributed by atoms with Gasteiger partial charge in [-0.15, -0.1) is 0 Å². The molecule has 0 bridgehead atoms. The Bertz CT molecular complexity index is 950. The fourth-order valence-corrected chi connectivity index (χ4v) is 3.69. The highest BCUT2D eigenvalue weighted by Crippen LogP contribution is 2.37. The Kier molecular flexibility index (Phi) is 5.08. The second kappa shape index (κ2) is 7.53. The minimum atomic E-state index is -0.428. The van der Waals surface area contributed by atoms with Gasteiger partial charge in [0.15, 0.2) is 11.5 Å². The molecule has 0 radical (unpaired) electrons. The predicted molar refractivity (Wildman–Crippen MR) is 106 cm³/mol. The molecule has 2 heterocycles. The third-order valence-corrected chi connectivity index (χ3v) is 5.71. The molecule has 2 aromatic carbocycles. The van der Waals surface area contributed by atoms with E-state index in [0.29, 0.717) is 33.8 Å². The molecule has 0 saturated carbocycles. The number of ether oxygens (including phenoxy) is 2. The van der Waals surface area contributed by atoms with Crippen molar-refractivity contribution in [2.75, 3.05) is 18.2 Å². The van der Waals surface area contributed by atoms with Crippen LogP contribution in [0, 0.1) is 5.92 Å². The summed E-state index contributed by atoms with van der Waals surface area (Å²) < 4.78 is 10.7. The van der Waals surface area contributed by atoms with Gasteiger partial charge in [-0.3, -0.25) is 9.59 Å². The molecule has 4 rings (SSSR count). The number of hydrogen-bond acceptors (Lipinski definition) is 4. The van der Waals surface area contributed by atoms with Crippen LogP contribution in [0.4, 0.5) is 5.69 Å². The zero-order valence-corrected chi connectivity index (χ0v) is 16.6. The molecule has 0 unspecified atom stereocenters. The fourth-order valence-electron chi connectivity index (χ4n) is 3.38. The lowest BCUT2D eigenvalue weighted by molar-refractivity contribution is -0.126. The van der Waals surface area contributed by atoms with Crippen molar-refractivity contribution in [3.63, 3.8) is 0 Å². The molecule has 8 heteroatoms. The molecule has 28 heavy (non-hydrogen) atoms. The normalized spacial score (nSPS) is 19.0. The van der Waals surface area contributed by atoms with Crippen LogP contribution in [0.1, 0.15) is 24.9 Å². The van der Waals surface area contributed by atoms with Gasteiger partial charge in [0.05, 0.1) is 22.0 Å². The number of hydrogen-bond donors (Lipinski definition) is 1. The summed E-state index contributed by atoms with van der Waals surface area (Å²) in [4.78, 5) is 26.8. The Morgan fingerprint density at radius 1 is 1.14 bits per heavy atom. The Morgan fingerprint density at radius 3 is 2.71 bits per heavy atom. The van der Waals surface area contributed by atoms with E-state index >= 15 is 0 Å². The summed E-state index contributed by atoms with van der Waals surface area (Å²) in [5, 5.41) is 3.85. The first kappa shape index (κ1) is 18.9. The maximum Gasteiger partial charge on any atom is 0.231 e. The number of anilines is 1. The lowest BCUT2D eigenvalue weighted by Crippen LogP contribution is -2.34. The molecule has 2 aliphatic heterocycles. The van der Waals surface area contributed by atoms with Gasteiger partial charge < -0.3 is 19.7 Å². The van der Waals surface area contributed by atoms with E-state index < -0.39 is 5.92 Å². The number of benzene rings is 2. The number of halogens is 2. The number of nitrogens with one attached hydrogen (secondary N) is 1. The average Bonchev–Trinajstić information content (AvgIpc) is 3.29. The zero-order chi connectivity index (χ0) is 19.8. The first-order chi connectivity index (χ1) is 13.4. The first-order valence-corrected chi connectivity index (χ1v) is 9.63. The van der Waals surface area contributed by atoms with Crippen molar-refractivity contribution in [2.45, 2.75) is 19.4 Å². The average molecular weight is 421 g/mol. The van der Waals surface area contributed by atoms with Gasteiger partial charge in [0, 0.05) is 24.7 Å². The number of fused-ring (bicyclic) bond motifs is 1. The highest BCUT2D eigenvalue weighted by molar-refractivity contribution is 6.42. The van der Waals surface area contributed by atoms with Crippen LogP contribution >= 0.6 is 23.2 Å². The van der Waals surface area contributed by atoms with Crippen LogP contribution in [0.5, 0.6) is 11.5 Å². The van der Waals surface area contributed by atoms with Crippen LogP contribution in [0.2, 0.25) is 10.0 Å². The fraction of sp³-hybridized carbons (Fsp3) is 0.300. The SMILES string of the molecule is C[C@@H](NC(=O)[C@@H]1CC(=O)N(c2ccc3c(c2)OCO3)C1)c1ccc(Cl)c(Cl)c1. The monoisotopic (exact) mass is 420 g/mol. The van der Waals surface area contributed by atoms with E-state index in [1.54, 1.807) is 35.2 Å². The standard InChI is InChI=1S/C20H18Cl2N2O4/c1-11(12-2-4-15(21)16(22)6-12)23-20(26)13-7-19(25)24(9-13)14-3-5-17-18(8-14)28-10-27-17/h2-6,8,11,13H,7,9-10H2,1H3,(H,23,26)/t11-,13-/m1/s1. The topological polar surface area (TPSA) is 67.9 Å². The molecule has 0 aliphatic carbocycles. The van der Waals surface area contributed by atoms with Crippen LogP contribution in [-0.4, -0.2) is 25.2 Å². The van der Waals surface area contributed by atoms with Crippen molar-refractivity contribution in [1.82, 2.24) is 5.32 Å². The minimum Gasteiger partial charge on any atom is -0.454 e. The molecule has 2 aliphatic rings. The molecule has 2 amide bonds. The van der Waals surface area contributed by atoms with E-state index in [-0.39, 0.29) is 31.1 Å². The predicted octanol–water partition coefficient (Wildman–Crippen LogP) is 3.95. The maximum atomic E-state index is 12.7. The number of carbonyl (C=O) groups excluding carboxylic acids is 2. The summed E-state index contributed by atoms with van der Waals surface area (Å²) in [6, 6.07) is 10.3. The highest BCUT2D eigenvalue weighted by Gasteiger charge is 2.36. The van der Waals surface area contributed by atoms with E-state index in [1.807, 2.05) is 13.0 Å². The summed E-state index contributed by atoms with van der Waals surface area (Å²) in [5.41, 5.74) is 1.54. The molecule has 0 aromatic heterocycles. The molecule has 1 N–H and O–H groups in total. The van der Waals surface area contributed by atoms with Crippen molar-refractivity contribution >= 4 is 40.7 Å². The lowest BCUT2D eigenvalue weighted by Gasteiger charge is -2.19. The molecule has 1 fully saturated rings. The third-order valence-electron chi connectivity index (χ3n) is 4.97. The van der Waals surface area contributed by atoms with Crippen LogP contribution in [0.25, 0.3) is 0 Å². The third kappa shape index (κ3) is 3.62. The molecule has 1 saturated heterocycles. The van der Waals surface area contributed by atoms with Gasteiger partial charge in [-0.25, -0.2) is 0 Å². The molecule has 146 valence electrons. The zero-order valence-electron chi connectivity index (χ0n) is 15.1. The van der Waals surface area contributed by atoms with Gasteiger partial charge in [0.25, 0.3) is 0 Å². The summed E-state index contributed by atoms with van der Waals surface area (Å²) in [6.45, 7) is 2.35. The number of amides is 2. The van der Waals surface area contributed by atoms with Crippen molar-refractivity contribution in [3.05, 3.63) is 52.0 Å². The number of carbonyl (C=O) groups is 2. The number of rotatable bonds is 4. The highest BCUT2D eigenvalue weighted by atomic mass is 35.5. The van der Waals surface area contributed by atoms with Crippen LogP contribution in [0.15, 0.2) is 36.4 Å². The largest absolute Gasteiger partial charge is 0.454 e. The van der Waals surface area contributed by atoms with Crippen LogP contribution in [0.3, 0.4) is 0 Å². The molecular formula is C20H18Cl2N2O4. The summed E-state index contributed by atoms with van der Waals surface area (Å²) in [5.74, 6) is 0.561. The molecule has 6 nitrogen and oxygen atoms in total. The van der Waals surface area contributed by atoms with E-state index in [0.717, 1.165) is 5.56 Å². The van der Waals surface area contributed by atoms with Gasteiger partial charge in [0.2, 0.25) is 18.6 Å². The van der Waals surface area contributed by atoms with Crippen LogP contribution < -0.4 is 19.7 Å². The smallest absolute Gasteiger partial charge is 0.231 e. The Balaban J connectivity index is 1.43. The van der Waals surface area contributed by atoms with Crippen molar-refractivity contribution in [2.24, 2.45) is 5.92 Å². The van der Waals surface area contributed by atoms with E-state index in [2.05, 4.69) is 5.32 Å². The molecule has 2 atom stereocenters. The quantitative estimate of drug-likeness (QED) is 0.812. The summed E-state index contributed by atoms with van der Waals surface area (Å²) >= 11 is 12.0. The molecular weight excluding hydrogens is 403 g/mol. The Morgan fingerprint density at radius 2 is 1.93 bits per heavy atom. The van der Waals surface area contributed by atoms with Gasteiger partial charge in [0.1, 0.15) is 0 Å². The lowest BCUT2D eigenvalue weighted by atomic mass is 10.0. The first-order valence-electron chi connectivity index (χ1n) is 8.87. The summed E-state index contributed by atoms with van der Waals surface area (Å²) in [7, 11) is 0. The number of nitrogens with zero attached hydrogens (tertiary/aromatic N) is 1. The second-order valence-electron chi connectivity index (χ2n) is 6.85. The van der Waals surface area contributed by atoms with Crippen molar-refractivity contribution < 1.29 is 19.1 Å². The maximum absolute atomic E-state index is 12.7. The van der Waals surface area contributed by atoms with Crippen LogP contribution in [-0.2, 0) is 9.59 Å². The Hall–Kier alpha value is -2.44. The van der Waals surface area contributed by atoms with Gasteiger partial charge in [-0.2, -0.15) is 0 Å². The molecule has 2 aromatic rings. The van der Waals surface area contributed by atoms with E-state index in [1.165, 1.54) is 0 Å². The molecule has 0 spiro atoms. The van der Waals surface area contributed by atoms with E-state index in [9.17, 15) is 9.59 Å². The Labute approximate surface area is 172 Å². The minimum absolute atomic E-state index is 0.0961. The summed E-state index contributed by atoms with van der Waals surface area (Å²) in [6.07, 6.45) is 0.161. The van der Waals surface area contributed by atoms with E-state index in [4.69, 9.17) is 32.7 Å². The van der Waals surface area contributed by atoms with Crippen molar-refractivity contribution in [3.8, 4) is 11.5 Å². The van der Waals surface area contributed by atoms with Gasteiger partial charge in [-0.05, 0) is 36.8 Å². The van der Waals surface area contributed by atoms with Gasteiger partial charge >= 0.3 is 0 Å². The van der Waals surface area contributed by atoms with Crippen molar-refractivity contribution in [1.29, 1.82) is 0 Å². The second-order valence-corrected chi connectivity index (χ2v) is 7.66.